The monoisotopic (exact) mass is 410 g/mol. The van der Waals surface area contributed by atoms with E-state index in [1.807, 2.05) is 37.1 Å². The number of hydrogen-bond acceptors (Lipinski definition) is 7. The van der Waals surface area contributed by atoms with Crippen molar-refractivity contribution in [2.24, 2.45) is 7.05 Å². The fourth-order valence-electron chi connectivity index (χ4n) is 3.89. The number of piperidine rings is 1. The highest BCUT2D eigenvalue weighted by molar-refractivity contribution is 5.92. The number of likely N-dealkylation sites (tertiary alicyclic amines) is 1. The molecule has 9 heteroatoms. The molecule has 3 aromatic heterocycles. The quantitative estimate of drug-likeness (QED) is 0.615. The molecule has 1 amide bonds. The van der Waals surface area contributed by atoms with Gasteiger partial charge in [-0.25, -0.2) is 0 Å². The molecule has 1 saturated heterocycles. The van der Waals surface area contributed by atoms with Crippen molar-refractivity contribution in [3.8, 4) is 11.5 Å². The van der Waals surface area contributed by atoms with E-state index in [0.29, 0.717) is 37.1 Å². The Hall–Kier alpha value is -3.07. The van der Waals surface area contributed by atoms with Crippen LogP contribution >= 0.6 is 0 Å². The zero-order valence-electron chi connectivity index (χ0n) is 17.5. The number of rotatable bonds is 6. The maximum atomic E-state index is 12.9. The summed E-state index contributed by atoms with van der Waals surface area (Å²) in [4.78, 5) is 23.5. The molecule has 1 aliphatic heterocycles. The number of carbonyl (C=O) groups is 1. The van der Waals surface area contributed by atoms with Crippen LogP contribution in [0.5, 0.6) is 0 Å². The van der Waals surface area contributed by atoms with Crippen molar-refractivity contribution >= 4 is 5.91 Å². The molecule has 0 aromatic carbocycles. The summed E-state index contributed by atoms with van der Waals surface area (Å²) in [5.41, 5.74) is 1.94. The lowest BCUT2D eigenvalue weighted by Gasteiger charge is -2.39. The summed E-state index contributed by atoms with van der Waals surface area (Å²) in [6, 6.07) is 5.56. The number of nitrogens with zero attached hydrogens (tertiary/aromatic N) is 6. The standard InChI is InChI=1S/C21H26N6O3/c1-15-13-17(24-26(15)2)19(28)27-10-6-21(7-11-27,8-12-29-3)20-23-18(30-25-20)16-5-4-9-22-14-16/h4-5,9,13-14H,6-8,10-12H2,1-3H3. The second-order valence-electron chi connectivity index (χ2n) is 7.77. The normalized spacial score (nSPS) is 16.0. The summed E-state index contributed by atoms with van der Waals surface area (Å²) in [5.74, 6) is 1.08. The van der Waals surface area contributed by atoms with Crippen molar-refractivity contribution in [3.63, 3.8) is 0 Å². The Bertz CT molecular complexity index is 985. The van der Waals surface area contributed by atoms with Gasteiger partial charge in [-0.05, 0) is 44.4 Å². The van der Waals surface area contributed by atoms with Crippen LogP contribution in [0.25, 0.3) is 11.5 Å². The van der Waals surface area contributed by atoms with Crippen LogP contribution < -0.4 is 0 Å². The van der Waals surface area contributed by atoms with Gasteiger partial charge in [-0.2, -0.15) is 10.1 Å². The first-order valence-electron chi connectivity index (χ1n) is 10.1. The van der Waals surface area contributed by atoms with E-state index in [9.17, 15) is 4.79 Å². The number of hydrogen-bond donors (Lipinski definition) is 0. The first kappa shape index (κ1) is 20.2. The smallest absolute Gasteiger partial charge is 0.274 e. The molecular formula is C21H26N6O3. The zero-order valence-corrected chi connectivity index (χ0v) is 17.5. The highest BCUT2D eigenvalue weighted by Gasteiger charge is 2.41. The molecule has 0 radical (unpaired) electrons. The van der Waals surface area contributed by atoms with Gasteiger partial charge >= 0.3 is 0 Å². The molecule has 0 unspecified atom stereocenters. The third kappa shape index (κ3) is 3.85. The molecule has 9 nitrogen and oxygen atoms in total. The molecule has 1 fully saturated rings. The number of methoxy groups -OCH3 is 1. The third-order valence-corrected chi connectivity index (χ3v) is 5.93. The number of aromatic nitrogens is 5. The maximum Gasteiger partial charge on any atom is 0.274 e. The van der Waals surface area contributed by atoms with Gasteiger partial charge in [-0.1, -0.05) is 5.16 Å². The Morgan fingerprint density at radius 1 is 1.33 bits per heavy atom. The van der Waals surface area contributed by atoms with Gasteiger partial charge in [0.15, 0.2) is 11.5 Å². The lowest BCUT2D eigenvalue weighted by atomic mass is 9.75. The third-order valence-electron chi connectivity index (χ3n) is 5.93. The van der Waals surface area contributed by atoms with Crippen LogP contribution in [-0.2, 0) is 17.2 Å². The molecule has 0 aliphatic carbocycles. The number of carbonyl (C=O) groups excluding carboxylic acids is 1. The molecule has 0 atom stereocenters. The van der Waals surface area contributed by atoms with Gasteiger partial charge in [-0.3, -0.25) is 14.5 Å². The maximum absolute atomic E-state index is 12.9. The van der Waals surface area contributed by atoms with Gasteiger partial charge in [0.2, 0.25) is 0 Å². The molecule has 4 rings (SSSR count). The van der Waals surface area contributed by atoms with Gasteiger partial charge in [-0.15, -0.1) is 0 Å². The predicted octanol–water partition coefficient (Wildman–Crippen LogP) is 2.38. The summed E-state index contributed by atoms with van der Waals surface area (Å²) < 4.78 is 12.6. The van der Waals surface area contributed by atoms with Gasteiger partial charge in [0.25, 0.3) is 11.8 Å². The Kier molecular flexibility index (Phi) is 5.63. The second-order valence-corrected chi connectivity index (χ2v) is 7.77. The summed E-state index contributed by atoms with van der Waals surface area (Å²) in [6.07, 6.45) is 5.64. The van der Waals surface area contributed by atoms with E-state index in [1.165, 1.54) is 0 Å². The van der Waals surface area contributed by atoms with E-state index in [2.05, 4.69) is 20.2 Å². The van der Waals surface area contributed by atoms with Crippen LogP contribution in [0.2, 0.25) is 0 Å². The zero-order chi connectivity index (χ0) is 21.1. The van der Waals surface area contributed by atoms with Crippen molar-refractivity contribution in [2.75, 3.05) is 26.8 Å². The van der Waals surface area contributed by atoms with Crippen LogP contribution in [0.1, 0.15) is 41.3 Å². The van der Waals surface area contributed by atoms with E-state index in [1.54, 1.807) is 24.2 Å². The van der Waals surface area contributed by atoms with E-state index in [4.69, 9.17) is 9.26 Å². The summed E-state index contributed by atoms with van der Waals surface area (Å²) >= 11 is 0. The molecule has 30 heavy (non-hydrogen) atoms. The van der Waals surface area contributed by atoms with Gasteiger partial charge in [0.05, 0.1) is 5.56 Å². The number of aryl methyl sites for hydroxylation is 2. The molecule has 0 bridgehead atoms. The van der Waals surface area contributed by atoms with Gasteiger partial charge in [0, 0.05) is 57.4 Å². The van der Waals surface area contributed by atoms with Crippen molar-refractivity contribution in [1.82, 2.24) is 29.8 Å². The minimum Gasteiger partial charge on any atom is -0.385 e. The first-order chi connectivity index (χ1) is 14.5. The largest absolute Gasteiger partial charge is 0.385 e. The highest BCUT2D eigenvalue weighted by atomic mass is 16.5. The van der Waals surface area contributed by atoms with E-state index in [0.717, 1.165) is 30.5 Å². The van der Waals surface area contributed by atoms with Crippen molar-refractivity contribution in [1.29, 1.82) is 0 Å². The summed E-state index contributed by atoms with van der Waals surface area (Å²) in [7, 11) is 3.53. The van der Waals surface area contributed by atoms with Crippen LogP contribution in [0.3, 0.4) is 0 Å². The topological polar surface area (TPSA) is 99.2 Å². The minimum atomic E-state index is -0.295. The average molecular weight is 410 g/mol. The Labute approximate surface area is 175 Å². The van der Waals surface area contributed by atoms with Crippen molar-refractivity contribution in [2.45, 2.75) is 31.6 Å². The molecule has 4 heterocycles. The van der Waals surface area contributed by atoms with E-state index in [-0.39, 0.29) is 11.3 Å². The van der Waals surface area contributed by atoms with Crippen LogP contribution in [0.4, 0.5) is 0 Å². The molecule has 0 saturated carbocycles. The van der Waals surface area contributed by atoms with Crippen LogP contribution in [0.15, 0.2) is 35.1 Å². The minimum absolute atomic E-state index is 0.0387. The lowest BCUT2D eigenvalue weighted by Crippen LogP contribution is -2.46. The SMILES string of the molecule is COCCC1(c2noc(-c3cccnc3)n2)CCN(C(=O)c2cc(C)n(C)n2)CC1. The molecule has 0 N–H and O–H groups in total. The Balaban J connectivity index is 1.53. The molecule has 3 aromatic rings. The van der Waals surface area contributed by atoms with Crippen molar-refractivity contribution < 1.29 is 14.1 Å². The fourth-order valence-corrected chi connectivity index (χ4v) is 3.89. The number of amides is 1. The van der Waals surface area contributed by atoms with Crippen molar-refractivity contribution in [3.05, 3.63) is 47.8 Å². The molecular weight excluding hydrogens is 384 g/mol. The number of pyridine rings is 1. The average Bonchev–Trinajstić information content (AvgIpc) is 3.40. The van der Waals surface area contributed by atoms with E-state index >= 15 is 0 Å². The molecule has 158 valence electrons. The number of ether oxygens (including phenoxy) is 1. The van der Waals surface area contributed by atoms with E-state index < -0.39 is 0 Å². The Morgan fingerprint density at radius 3 is 2.77 bits per heavy atom. The summed E-state index contributed by atoms with van der Waals surface area (Å²) in [6.45, 7) is 3.74. The van der Waals surface area contributed by atoms with Crippen LogP contribution in [0, 0.1) is 6.92 Å². The molecule has 1 aliphatic rings. The van der Waals surface area contributed by atoms with Gasteiger partial charge in [0.1, 0.15) is 0 Å². The first-order valence-corrected chi connectivity index (χ1v) is 10.1. The lowest BCUT2D eigenvalue weighted by molar-refractivity contribution is 0.0610. The summed E-state index contributed by atoms with van der Waals surface area (Å²) in [5, 5.41) is 8.62. The van der Waals surface area contributed by atoms with Gasteiger partial charge < -0.3 is 14.2 Å². The second kappa shape index (κ2) is 8.35. The predicted molar refractivity (Wildman–Crippen MR) is 109 cm³/mol. The van der Waals surface area contributed by atoms with Crippen LogP contribution in [-0.4, -0.2) is 62.5 Å². The Morgan fingerprint density at radius 2 is 2.13 bits per heavy atom. The highest BCUT2D eigenvalue weighted by Crippen LogP contribution is 2.38. The molecule has 0 spiro atoms. The fraction of sp³-hybridized carbons (Fsp3) is 0.476.